The van der Waals surface area contributed by atoms with Crippen LogP contribution in [0, 0.1) is 17.8 Å². The smallest absolute Gasteiger partial charge is 0.335 e. The summed E-state index contributed by atoms with van der Waals surface area (Å²) in [7, 11) is 1.51. The maximum atomic E-state index is 13.3. The van der Waals surface area contributed by atoms with Crippen molar-refractivity contribution >= 4 is 11.7 Å². The van der Waals surface area contributed by atoms with E-state index in [9.17, 15) is 9.90 Å². The number of carbonyl (C=O) groups excluding carboxylic acids is 1. The molecule has 0 bridgehead atoms. The maximum absolute atomic E-state index is 13.3. The van der Waals surface area contributed by atoms with Gasteiger partial charge in [-0.05, 0) is 73.6 Å². The van der Waals surface area contributed by atoms with Gasteiger partial charge in [-0.25, -0.2) is 4.79 Å². The molecule has 2 N–H and O–H groups in total. The fourth-order valence-electron chi connectivity index (χ4n) is 8.23. The number of aliphatic hydroxyl groups is 1. The molecule has 0 radical (unpaired) electrons. The van der Waals surface area contributed by atoms with Gasteiger partial charge in [0.25, 0.3) is 0 Å². The molecule has 2 aromatic rings. The van der Waals surface area contributed by atoms with E-state index in [0.29, 0.717) is 18.3 Å². The lowest BCUT2D eigenvalue weighted by Gasteiger charge is -2.57. The van der Waals surface area contributed by atoms with E-state index >= 15 is 0 Å². The predicted molar refractivity (Wildman–Crippen MR) is 141 cm³/mol. The van der Waals surface area contributed by atoms with E-state index in [2.05, 4.69) is 64.8 Å². The van der Waals surface area contributed by atoms with Crippen LogP contribution in [-0.4, -0.2) is 42.3 Å². The lowest BCUT2D eigenvalue weighted by molar-refractivity contribution is -0.137. The number of piperidine rings is 1. The van der Waals surface area contributed by atoms with Crippen LogP contribution in [0.4, 0.5) is 5.69 Å². The van der Waals surface area contributed by atoms with E-state index in [-0.39, 0.29) is 30.0 Å². The first-order valence-electron chi connectivity index (χ1n) is 13.7. The monoisotopic (exact) mass is 486 g/mol. The molecule has 0 amide bonds. The molecular weight excluding hydrogens is 448 g/mol. The van der Waals surface area contributed by atoms with Gasteiger partial charge in [-0.2, -0.15) is 0 Å². The van der Waals surface area contributed by atoms with Crippen LogP contribution in [0.15, 0.2) is 65.9 Å². The normalized spacial score (nSPS) is 31.7. The minimum atomic E-state index is -0.256. The van der Waals surface area contributed by atoms with Crippen molar-refractivity contribution in [2.75, 3.05) is 25.6 Å². The summed E-state index contributed by atoms with van der Waals surface area (Å²) in [6.07, 6.45) is 7.41. The highest BCUT2D eigenvalue weighted by Gasteiger charge is 2.60. The molecule has 2 heterocycles. The number of esters is 1. The topological polar surface area (TPSA) is 61.8 Å². The quantitative estimate of drug-likeness (QED) is 0.565. The van der Waals surface area contributed by atoms with Crippen molar-refractivity contribution in [3.63, 3.8) is 0 Å². The molecule has 5 heteroatoms. The van der Waals surface area contributed by atoms with Crippen molar-refractivity contribution in [2.45, 2.75) is 62.9 Å². The minimum absolute atomic E-state index is 0.204. The first kappa shape index (κ1) is 23.7. The summed E-state index contributed by atoms with van der Waals surface area (Å²) in [5, 5.41) is 14.2. The average Bonchev–Trinajstić information content (AvgIpc) is 3.26. The van der Waals surface area contributed by atoms with Crippen LogP contribution in [0.1, 0.15) is 56.1 Å². The van der Waals surface area contributed by atoms with Crippen LogP contribution < -0.4 is 5.32 Å². The maximum Gasteiger partial charge on any atom is 0.335 e. The van der Waals surface area contributed by atoms with E-state index in [1.165, 1.54) is 31.1 Å². The molecule has 5 nitrogen and oxygen atoms in total. The molecule has 2 aliphatic heterocycles. The fourth-order valence-corrected chi connectivity index (χ4v) is 8.23. The summed E-state index contributed by atoms with van der Waals surface area (Å²) in [6, 6.07) is 19.7. The number of methoxy groups -OCH3 is 1. The van der Waals surface area contributed by atoms with Crippen LogP contribution in [-0.2, 0) is 21.5 Å². The van der Waals surface area contributed by atoms with Crippen LogP contribution >= 0.6 is 0 Å². The van der Waals surface area contributed by atoms with Gasteiger partial charge in [-0.1, -0.05) is 61.4 Å². The summed E-state index contributed by atoms with van der Waals surface area (Å²) in [5.41, 5.74) is 5.42. The second kappa shape index (κ2) is 9.68. The van der Waals surface area contributed by atoms with Crippen molar-refractivity contribution < 1.29 is 14.6 Å². The van der Waals surface area contributed by atoms with Crippen LogP contribution in [0.2, 0.25) is 0 Å². The number of para-hydroxylation sites is 1. The number of hydrogen-bond donors (Lipinski definition) is 2. The van der Waals surface area contributed by atoms with Gasteiger partial charge in [-0.15, -0.1) is 0 Å². The van der Waals surface area contributed by atoms with Crippen molar-refractivity contribution in [1.29, 1.82) is 0 Å². The first-order chi connectivity index (χ1) is 17.7. The third-order valence-electron chi connectivity index (χ3n) is 9.59. The van der Waals surface area contributed by atoms with Gasteiger partial charge in [0.15, 0.2) is 0 Å². The van der Waals surface area contributed by atoms with Gasteiger partial charge in [0.2, 0.25) is 0 Å². The molecule has 1 spiro atoms. The van der Waals surface area contributed by atoms with E-state index in [1.807, 2.05) is 0 Å². The summed E-state index contributed by atoms with van der Waals surface area (Å²) in [6.45, 7) is 2.19. The highest BCUT2D eigenvalue weighted by molar-refractivity contribution is 5.92. The first-order valence-corrected chi connectivity index (χ1v) is 13.7. The molecule has 1 saturated carbocycles. The number of nitrogens with one attached hydrogen (secondary N) is 1. The Kier molecular flexibility index (Phi) is 6.38. The molecule has 0 aromatic heterocycles. The zero-order valence-corrected chi connectivity index (χ0v) is 21.3. The Morgan fingerprint density at radius 1 is 1.06 bits per heavy atom. The summed E-state index contributed by atoms with van der Waals surface area (Å²) >= 11 is 0. The van der Waals surface area contributed by atoms with E-state index < -0.39 is 0 Å². The predicted octanol–water partition coefficient (Wildman–Crippen LogP) is 5.26. The third-order valence-corrected chi connectivity index (χ3v) is 9.59. The largest absolute Gasteiger partial charge is 0.466 e. The van der Waals surface area contributed by atoms with Crippen molar-refractivity contribution in [3.8, 4) is 0 Å². The summed E-state index contributed by atoms with van der Waals surface area (Å²) in [4.78, 5) is 16.0. The number of ether oxygens (including phenoxy) is 1. The number of hydrogen-bond acceptors (Lipinski definition) is 5. The molecular formula is C31H38N2O3. The van der Waals surface area contributed by atoms with Crippen LogP contribution in [0.5, 0.6) is 0 Å². The molecule has 2 fully saturated rings. The highest BCUT2D eigenvalue weighted by Crippen LogP contribution is 2.60. The Morgan fingerprint density at radius 2 is 1.83 bits per heavy atom. The van der Waals surface area contributed by atoms with Crippen molar-refractivity contribution in [3.05, 3.63) is 77.0 Å². The Balaban J connectivity index is 1.54. The van der Waals surface area contributed by atoms with E-state index in [0.717, 1.165) is 55.7 Å². The highest BCUT2D eigenvalue weighted by atomic mass is 16.5. The summed E-state index contributed by atoms with van der Waals surface area (Å²) in [5.74, 6) is 0.782. The molecule has 2 aliphatic carbocycles. The van der Waals surface area contributed by atoms with Gasteiger partial charge < -0.3 is 15.2 Å². The lowest BCUT2D eigenvalue weighted by atomic mass is 9.54. The Hall–Kier alpha value is -2.63. The number of carbonyl (C=O) groups is 1. The lowest BCUT2D eigenvalue weighted by Crippen LogP contribution is -2.62. The molecule has 0 unspecified atom stereocenters. The third kappa shape index (κ3) is 3.71. The Bertz CT molecular complexity index is 1150. The zero-order chi connectivity index (χ0) is 24.7. The average molecular weight is 487 g/mol. The number of benzene rings is 2. The molecule has 1 saturated heterocycles. The number of rotatable bonds is 5. The van der Waals surface area contributed by atoms with Gasteiger partial charge in [0, 0.05) is 30.6 Å². The number of aliphatic hydroxyl groups excluding tert-OH is 1. The standard InChI is InChI=1S/C31H38N2O3/c1-36-30(35)25-18-24(23-13-6-5-12-22(23)20-34)29-31(26-14-7-8-15-27(26)32-28(25)31)16-9-17-33(29)19-21-10-3-2-4-11-21/h2-4,7-8,10-11,14-15,22-24,29,32,34H,5-6,9,12-13,16-20H2,1H3/t22-,23-,24+,29+,31+/m0/s1. The van der Waals surface area contributed by atoms with Crippen LogP contribution in [0.25, 0.3) is 0 Å². The molecule has 6 rings (SSSR count). The van der Waals surface area contributed by atoms with E-state index in [4.69, 9.17) is 4.74 Å². The molecule has 5 atom stereocenters. The second-order valence-corrected chi connectivity index (χ2v) is 11.3. The van der Waals surface area contributed by atoms with Gasteiger partial charge >= 0.3 is 5.97 Å². The fraction of sp³-hybridized carbons (Fsp3) is 0.516. The van der Waals surface area contributed by atoms with Gasteiger partial charge in [-0.3, -0.25) is 4.90 Å². The Labute approximate surface area is 214 Å². The minimum Gasteiger partial charge on any atom is -0.466 e. The number of nitrogens with zero attached hydrogens (tertiary/aromatic N) is 1. The van der Waals surface area contributed by atoms with Crippen LogP contribution in [0.3, 0.4) is 0 Å². The zero-order valence-electron chi connectivity index (χ0n) is 21.3. The van der Waals surface area contributed by atoms with Crippen molar-refractivity contribution in [1.82, 2.24) is 4.90 Å². The SMILES string of the molecule is COC(=O)C1=C2Nc3ccccc3[C@]23CCCN(Cc2ccccc2)[C@@H]3[C@@H]([C@H]2CCCC[C@H]2CO)C1. The molecule has 36 heavy (non-hydrogen) atoms. The second-order valence-electron chi connectivity index (χ2n) is 11.3. The summed E-state index contributed by atoms with van der Waals surface area (Å²) < 4.78 is 5.38. The molecule has 4 aliphatic rings. The number of fused-ring (bicyclic) bond motifs is 1. The molecule has 2 aromatic carbocycles. The van der Waals surface area contributed by atoms with Gasteiger partial charge in [0.1, 0.15) is 0 Å². The van der Waals surface area contributed by atoms with E-state index in [1.54, 1.807) is 0 Å². The number of likely N-dealkylation sites (tertiary alicyclic amines) is 1. The van der Waals surface area contributed by atoms with Gasteiger partial charge in [0.05, 0.1) is 18.1 Å². The number of anilines is 1. The van der Waals surface area contributed by atoms with Crippen molar-refractivity contribution in [2.24, 2.45) is 17.8 Å². The molecule has 190 valence electrons. The Morgan fingerprint density at radius 3 is 2.64 bits per heavy atom.